The minimum atomic E-state index is -3.89. The van der Waals surface area contributed by atoms with E-state index in [9.17, 15) is 13.2 Å². The SMILES string of the molecule is C=CC(=O)OC(C)CC[N+](C)(C)CCCS(=O)(=O)O. The number of hydrogen-bond acceptors (Lipinski definition) is 4. The zero-order chi connectivity index (χ0) is 15.1. The molecule has 0 heterocycles. The average Bonchev–Trinajstić information content (AvgIpc) is 2.24. The molecule has 7 heteroatoms. The number of rotatable bonds is 9. The Morgan fingerprint density at radius 1 is 1.42 bits per heavy atom. The van der Waals surface area contributed by atoms with Crippen molar-refractivity contribution >= 4 is 16.1 Å². The van der Waals surface area contributed by atoms with Crippen molar-refractivity contribution in [1.82, 2.24) is 0 Å². The summed E-state index contributed by atoms with van der Waals surface area (Å²) >= 11 is 0. The third kappa shape index (κ3) is 10.7. The summed E-state index contributed by atoms with van der Waals surface area (Å²) in [7, 11) is 0.0411. The number of quaternary nitrogens is 1. The van der Waals surface area contributed by atoms with Crippen LogP contribution in [0.5, 0.6) is 0 Å². The molecular formula is C12H24NO5S+. The van der Waals surface area contributed by atoms with Crippen molar-refractivity contribution in [2.24, 2.45) is 0 Å². The standard InChI is InChI=1S/C12H23NO5S/c1-5-12(14)18-11(2)7-9-13(3,4)8-6-10-19(15,16)17/h5,11H,1,6-10H2,2-4H3/p+1. The molecule has 0 bridgehead atoms. The maximum atomic E-state index is 11.0. The molecule has 112 valence electrons. The van der Waals surface area contributed by atoms with Gasteiger partial charge in [-0.05, 0) is 6.92 Å². The monoisotopic (exact) mass is 294 g/mol. The molecule has 0 saturated heterocycles. The maximum absolute atomic E-state index is 11.0. The minimum absolute atomic E-state index is 0.204. The molecule has 0 rings (SSSR count). The van der Waals surface area contributed by atoms with Crippen LogP contribution in [0.4, 0.5) is 0 Å². The van der Waals surface area contributed by atoms with Crippen LogP contribution in [-0.4, -0.2) is 62.5 Å². The minimum Gasteiger partial charge on any atom is -0.459 e. The van der Waals surface area contributed by atoms with E-state index in [1.165, 1.54) is 0 Å². The predicted octanol–water partition coefficient (Wildman–Crippen LogP) is 0.849. The van der Waals surface area contributed by atoms with Gasteiger partial charge in [-0.25, -0.2) is 4.79 Å². The highest BCUT2D eigenvalue weighted by Crippen LogP contribution is 2.07. The Balaban J connectivity index is 4.02. The first kappa shape index (κ1) is 18.1. The van der Waals surface area contributed by atoms with Crippen LogP contribution in [0.15, 0.2) is 12.7 Å². The van der Waals surface area contributed by atoms with Gasteiger partial charge in [-0.1, -0.05) is 6.58 Å². The van der Waals surface area contributed by atoms with Crippen molar-refractivity contribution in [3.63, 3.8) is 0 Å². The smallest absolute Gasteiger partial charge is 0.330 e. The zero-order valence-corrected chi connectivity index (χ0v) is 12.6. The summed E-state index contributed by atoms with van der Waals surface area (Å²) in [6, 6.07) is 0. The molecule has 0 aromatic rings. The number of hydrogen-bond donors (Lipinski definition) is 1. The molecule has 0 saturated carbocycles. The van der Waals surface area contributed by atoms with Crippen molar-refractivity contribution < 1.29 is 27.0 Å². The van der Waals surface area contributed by atoms with Crippen molar-refractivity contribution in [3.8, 4) is 0 Å². The molecule has 1 unspecified atom stereocenters. The van der Waals surface area contributed by atoms with Crippen LogP contribution in [0.1, 0.15) is 19.8 Å². The van der Waals surface area contributed by atoms with E-state index in [1.54, 1.807) is 6.92 Å². The summed E-state index contributed by atoms with van der Waals surface area (Å²) in [6.07, 6.45) is 2.00. The molecule has 0 aliphatic carbocycles. The van der Waals surface area contributed by atoms with Crippen LogP contribution in [0.2, 0.25) is 0 Å². The van der Waals surface area contributed by atoms with Crippen LogP contribution < -0.4 is 0 Å². The molecule has 0 aliphatic rings. The van der Waals surface area contributed by atoms with Crippen LogP contribution in [0.25, 0.3) is 0 Å². The molecule has 1 atom stereocenters. The summed E-state index contributed by atoms with van der Waals surface area (Å²) < 4.78 is 35.5. The second-order valence-electron chi connectivity index (χ2n) is 5.26. The first-order valence-electron chi connectivity index (χ1n) is 6.16. The van der Waals surface area contributed by atoms with Gasteiger partial charge in [-0.15, -0.1) is 0 Å². The van der Waals surface area contributed by atoms with Crippen molar-refractivity contribution in [2.75, 3.05) is 32.9 Å². The van der Waals surface area contributed by atoms with E-state index >= 15 is 0 Å². The summed E-state index contributed by atoms with van der Waals surface area (Å²) in [6.45, 7) is 6.51. The van der Waals surface area contributed by atoms with Gasteiger partial charge in [0.15, 0.2) is 0 Å². The van der Waals surface area contributed by atoms with Crippen molar-refractivity contribution in [3.05, 3.63) is 12.7 Å². The topological polar surface area (TPSA) is 80.7 Å². The first-order valence-corrected chi connectivity index (χ1v) is 7.77. The van der Waals surface area contributed by atoms with Gasteiger partial charge in [0.2, 0.25) is 0 Å². The first-order chi connectivity index (χ1) is 8.56. The predicted molar refractivity (Wildman–Crippen MR) is 73.2 cm³/mol. The normalized spacial score (nSPS) is 13.9. The van der Waals surface area contributed by atoms with Crippen molar-refractivity contribution in [1.29, 1.82) is 0 Å². The molecule has 0 aromatic heterocycles. The van der Waals surface area contributed by atoms with Crippen LogP contribution >= 0.6 is 0 Å². The average molecular weight is 294 g/mol. The highest BCUT2D eigenvalue weighted by molar-refractivity contribution is 7.85. The van der Waals surface area contributed by atoms with E-state index in [-0.39, 0.29) is 11.9 Å². The summed E-state index contributed by atoms with van der Waals surface area (Å²) in [5.74, 6) is -0.667. The Bertz CT molecular complexity index is 402. The second-order valence-corrected chi connectivity index (χ2v) is 6.83. The third-order valence-electron chi connectivity index (χ3n) is 2.79. The second kappa shape index (κ2) is 7.62. The Morgan fingerprint density at radius 2 is 2.00 bits per heavy atom. The van der Waals surface area contributed by atoms with Gasteiger partial charge in [0.1, 0.15) is 6.10 Å². The number of nitrogens with zero attached hydrogens (tertiary/aromatic N) is 1. The van der Waals surface area contributed by atoms with Gasteiger partial charge in [0.25, 0.3) is 10.1 Å². The van der Waals surface area contributed by atoms with E-state index in [0.29, 0.717) is 23.9 Å². The Kier molecular flexibility index (Phi) is 7.25. The van der Waals surface area contributed by atoms with E-state index in [2.05, 4.69) is 6.58 Å². The van der Waals surface area contributed by atoms with Gasteiger partial charge >= 0.3 is 5.97 Å². The molecule has 0 fully saturated rings. The largest absolute Gasteiger partial charge is 0.459 e. The molecule has 0 radical (unpaired) electrons. The Labute approximate surface area is 115 Å². The van der Waals surface area contributed by atoms with Gasteiger partial charge in [-0.3, -0.25) is 4.55 Å². The van der Waals surface area contributed by atoms with Gasteiger partial charge < -0.3 is 9.22 Å². The lowest BCUT2D eigenvalue weighted by atomic mass is 10.2. The van der Waals surface area contributed by atoms with Crippen LogP contribution in [-0.2, 0) is 19.6 Å². The summed E-state index contributed by atoms with van der Waals surface area (Å²) in [5, 5.41) is 0. The maximum Gasteiger partial charge on any atom is 0.330 e. The lowest BCUT2D eigenvalue weighted by Crippen LogP contribution is -2.43. The molecule has 1 N–H and O–H groups in total. The van der Waals surface area contributed by atoms with E-state index in [4.69, 9.17) is 9.29 Å². The van der Waals surface area contributed by atoms with Gasteiger partial charge in [0, 0.05) is 18.9 Å². The lowest BCUT2D eigenvalue weighted by Gasteiger charge is -2.30. The van der Waals surface area contributed by atoms with Crippen molar-refractivity contribution in [2.45, 2.75) is 25.9 Å². The fourth-order valence-corrected chi connectivity index (χ4v) is 2.12. The third-order valence-corrected chi connectivity index (χ3v) is 3.60. The highest BCUT2D eigenvalue weighted by Gasteiger charge is 2.19. The summed E-state index contributed by atoms with van der Waals surface area (Å²) in [4.78, 5) is 11.0. The van der Waals surface area contributed by atoms with E-state index < -0.39 is 16.1 Å². The van der Waals surface area contributed by atoms with Crippen LogP contribution in [0, 0.1) is 0 Å². The Morgan fingerprint density at radius 3 is 2.47 bits per heavy atom. The Hall–Kier alpha value is -0.920. The zero-order valence-electron chi connectivity index (χ0n) is 11.8. The molecular weight excluding hydrogens is 270 g/mol. The quantitative estimate of drug-likeness (QED) is 0.295. The number of carbonyl (C=O) groups excluding carboxylic acids is 1. The van der Waals surface area contributed by atoms with Crippen LogP contribution in [0.3, 0.4) is 0 Å². The molecule has 0 amide bonds. The number of carbonyl (C=O) groups is 1. The fourth-order valence-electron chi connectivity index (χ4n) is 1.62. The lowest BCUT2D eigenvalue weighted by molar-refractivity contribution is -0.890. The molecule has 19 heavy (non-hydrogen) atoms. The number of ether oxygens (including phenoxy) is 1. The van der Waals surface area contributed by atoms with Gasteiger partial charge in [-0.2, -0.15) is 8.42 Å². The van der Waals surface area contributed by atoms with Gasteiger partial charge in [0.05, 0.1) is 32.9 Å². The molecule has 0 spiro atoms. The highest BCUT2D eigenvalue weighted by atomic mass is 32.2. The fraction of sp³-hybridized carbons (Fsp3) is 0.750. The van der Waals surface area contributed by atoms with E-state index in [1.807, 2.05) is 14.1 Å². The summed E-state index contributed by atoms with van der Waals surface area (Å²) in [5.41, 5.74) is 0. The molecule has 0 aliphatic heterocycles. The molecule has 6 nitrogen and oxygen atoms in total. The molecule has 0 aromatic carbocycles. The number of esters is 1. The van der Waals surface area contributed by atoms with E-state index in [0.717, 1.165) is 12.6 Å².